The molecule has 2 aromatic carbocycles. The van der Waals surface area contributed by atoms with Crippen molar-refractivity contribution < 1.29 is 23.1 Å². The normalized spacial score (nSPS) is 14.8. The number of carbonyl (C=O) groups is 2. The second kappa shape index (κ2) is 6.12. The minimum atomic E-state index is -4.07. The lowest BCUT2D eigenvalue weighted by Crippen LogP contribution is -2.41. The van der Waals surface area contributed by atoms with Gasteiger partial charge < -0.3 is 10.4 Å². The molecule has 2 aromatic rings. The van der Waals surface area contributed by atoms with Gasteiger partial charge in [0.1, 0.15) is 6.04 Å². The molecule has 8 heteroatoms. The quantitative estimate of drug-likeness (QED) is 0.729. The number of rotatable bonds is 6. The van der Waals surface area contributed by atoms with Gasteiger partial charge in [-0.1, -0.05) is 26.0 Å². The van der Waals surface area contributed by atoms with Crippen molar-refractivity contribution in [3.8, 4) is 0 Å². The maximum atomic E-state index is 12.8. The average Bonchev–Trinajstić information content (AvgIpc) is 2.84. The number of aliphatic carboxylic acids is 1. The van der Waals surface area contributed by atoms with E-state index >= 15 is 0 Å². The van der Waals surface area contributed by atoms with Crippen molar-refractivity contribution in [2.75, 3.05) is 5.32 Å². The van der Waals surface area contributed by atoms with Crippen LogP contribution in [0.15, 0.2) is 35.2 Å². The Kier molecular flexibility index (Phi) is 4.26. The van der Waals surface area contributed by atoms with E-state index in [2.05, 4.69) is 10.0 Å². The van der Waals surface area contributed by atoms with Gasteiger partial charge in [0.25, 0.3) is 5.91 Å². The second-order valence-corrected chi connectivity index (χ2v) is 8.12. The molecule has 0 unspecified atom stereocenters. The van der Waals surface area contributed by atoms with Crippen LogP contribution in [0.5, 0.6) is 0 Å². The average molecular weight is 362 g/mol. The fourth-order valence-electron chi connectivity index (χ4n) is 3.02. The maximum Gasteiger partial charge on any atom is 0.321 e. The molecule has 0 saturated heterocycles. The van der Waals surface area contributed by atoms with Gasteiger partial charge in [0.15, 0.2) is 0 Å². The fourth-order valence-corrected chi connectivity index (χ4v) is 4.42. The van der Waals surface area contributed by atoms with Crippen molar-refractivity contribution in [3.63, 3.8) is 0 Å². The molecule has 0 radical (unpaired) electrons. The molecular weight excluding hydrogens is 344 g/mol. The van der Waals surface area contributed by atoms with Crippen LogP contribution in [0, 0.1) is 5.92 Å². The lowest BCUT2D eigenvalue weighted by atomic mass is 10.1. The van der Waals surface area contributed by atoms with Crippen molar-refractivity contribution in [1.29, 1.82) is 0 Å². The second-order valence-electron chi connectivity index (χ2n) is 6.44. The highest BCUT2D eigenvalue weighted by Gasteiger charge is 2.30. The van der Waals surface area contributed by atoms with Crippen LogP contribution in [0.1, 0.15) is 30.6 Å². The Morgan fingerprint density at radius 2 is 1.96 bits per heavy atom. The topological polar surface area (TPSA) is 113 Å². The number of benzene rings is 2. The standard InChI is InChI=1S/C17H18N2O5S/c1-9(2)8-13(17(21)22)19-25(23,24)14-7-6-12-15-10(14)4-3-5-11(15)16(20)18-12/h3-7,9,13,19H,8H2,1-2H3,(H,18,20)(H,21,22)/t13-/m1/s1. The summed E-state index contributed by atoms with van der Waals surface area (Å²) in [4.78, 5) is 23.3. The van der Waals surface area contributed by atoms with Gasteiger partial charge in [-0.15, -0.1) is 0 Å². The molecule has 132 valence electrons. The monoisotopic (exact) mass is 362 g/mol. The largest absolute Gasteiger partial charge is 0.480 e. The van der Waals surface area contributed by atoms with E-state index in [9.17, 15) is 23.1 Å². The number of carboxylic acids is 1. The SMILES string of the molecule is CC(C)C[C@@H](NS(=O)(=O)c1ccc2c3c(cccc13)C(=O)N2)C(=O)O. The van der Waals surface area contributed by atoms with E-state index < -0.39 is 22.0 Å². The fraction of sp³-hybridized carbons (Fsp3) is 0.294. The molecule has 0 aliphatic carbocycles. The van der Waals surface area contributed by atoms with E-state index in [1.807, 2.05) is 13.8 Å². The molecular formula is C17H18N2O5S. The lowest BCUT2D eigenvalue weighted by molar-refractivity contribution is -0.139. The van der Waals surface area contributed by atoms with Crippen molar-refractivity contribution in [2.45, 2.75) is 31.2 Å². The summed E-state index contributed by atoms with van der Waals surface area (Å²) in [5.41, 5.74) is 0.952. The van der Waals surface area contributed by atoms with Gasteiger partial charge in [-0.3, -0.25) is 9.59 Å². The number of amides is 1. The highest BCUT2D eigenvalue weighted by molar-refractivity contribution is 7.89. The third-order valence-electron chi connectivity index (χ3n) is 4.09. The van der Waals surface area contributed by atoms with E-state index in [-0.39, 0.29) is 23.1 Å². The molecule has 25 heavy (non-hydrogen) atoms. The lowest BCUT2D eigenvalue weighted by Gasteiger charge is -2.17. The molecule has 1 aliphatic heterocycles. The van der Waals surface area contributed by atoms with Gasteiger partial charge >= 0.3 is 5.97 Å². The Hall–Kier alpha value is -2.45. The molecule has 3 rings (SSSR count). The first-order valence-corrected chi connectivity index (χ1v) is 9.31. The molecule has 0 saturated carbocycles. The van der Waals surface area contributed by atoms with Gasteiger partial charge in [0.05, 0.1) is 4.90 Å². The molecule has 0 fully saturated rings. The highest BCUT2D eigenvalue weighted by atomic mass is 32.2. The summed E-state index contributed by atoms with van der Waals surface area (Å²) in [5, 5.41) is 12.9. The zero-order valence-corrected chi connectivity index (χ0v) is 14.6. The minimum absolute atomic E-state index is 0.0124. The van der Waals surface area contributed by atoms with Crippen molar-refractivity contribution in [1.82, 2.24) is 4.72 Å². The first-order chi connectivity index (χ1) is 11.7. The van der Waals surface area contributed by atoms with Gasteiger partial charge in [-0.25, -0.2) is 8.42 Å². The molecule has 1 aliphatic rings. The third-order valence-corrected chi connectivity index (χ3v) is 5.62. The molecule has 0 aromatic heterocycles. The van der Waals surface area contributed by atoms with Gasteiger partial charge in [-0.2, -0.15) is 4.72 Å². The van der Waals surface area contributed by atoms with Crippen LogP contribution in [0.25, 0.3) is 10.8 Å². The predicted molar refractivity (Wildman–Crippen MR) is 93.1 cm³/mol. The summed E-state index contributed by atoms with van der Waals surface area (Å²) >= 11 is 0. The van der Waals surface area contributed by atoms with E-state index in [0.717, 1.165) is 0 Å². The van der Waals surface area contributed by atoms with Crippen LogP contribution >= 0.6 is 0 Å². The molecule has 7 nitrogen and oxygen atoms in total. The molecule has 3 N–H and O–H groups in total. The first-order valence-electron chi connectivity index (χ1n) is 7.83. The maximum absolute atomic E-state index is 12.8. The summed E-state index contributed by atoms with van der Waals surface area (Å²) in [5.74, 6) is -1.50. The van der Waals surface area contributed by atoms with E-state index in [1.54, 1.807) is 18.2 Å². The number of hydrogen-bond acceptors (Lipinski definition) is 4. The third kappa shape index (κ3) is 3.10. The first kappa shape index (κ1) is 17.4. The van der Waals surface area contributed by atoms with Crippen LogP contribution in [-0.2, 0) is 14.8 Å². The van der Waals surface area contributed by atoms with Crippen LogP contribution in [0.4, 0.5) is 5.69 Å². The smallest absolute Gasteiger partial charge is 0.321 e. The predicted octanol–water partition coefficient (Wildman–Crippen LogP) is 2.18. The Labute approximate surface area is 145 Å². The Morgan fingerprint density at radius 3 is 2.60 bits per heavy atom. The van der Waals surface area contributed by atoms with E-state index in [4.69, 9.17) is 0 Å². The van der Waals surface area contributed by atoms with Crippen molar-refractivity contribution >= 4 is 38.4 Å². The summed E-state index contributed by atoms with van der Waals surface area (Å²) in [6.45, 7) is 3.64. The Morgan fingerprint density at radius 1 is 1.24 bits per heavy atom. The zero-order chi connectivity index (χ0) is 18.4. The van der Waals surface area contributed by atoms with Gasteiger partial charge in [0, 0.05) is 22.0 Å². The van der Waals surface area contributed by atoms with Crippen molar-refractivity contribution in [3.05, 3.63) is 35.9 Å². The van der Waals surface area contributed by atoms with Gasteiger partial charge in [0.2, 0.25) is 10.0 Å². The summed E-state index contributed by atoms with van der Waals surface area (Å²) < 4.78 is 27.8. The molecule has 1 heterocycles. The summed E-state index contributed by atoms with van der Waals surface area (Å²) in [7, 11) is -4.07. The van der Waals surface area contributed by atoms with E-state index in [0.29, 0.717) is 22.0 Å². The van der Waals surface area contributed by atoms with Crippen LogP contribution in [0.2, 0.25) is 0 Å². The van der Waals surface area contributed by atoms with Gasteiger partial charge in [-0.05, 0) is 30.5 Å². The highest BCUT2D eigenvalue weighted by Crippen LogP contribution is 2.36. The van der Waals surface area contributed by atoms with Crippen molar-refractivity contribution in [2.24, 2.45) is 5.92 Å². The minimum Gasteiger partial charge on any atom is -0.480 e. The Balaban J connectivity index is 2.09. The summed E-state index contributed by atoms with van der Waals surface area (Å²) in [6.07, 6.45) is 0.176. The number of carboxylic acid groups (broad SMARTS) is 1. The number of carbonyl (C=O) groups excluding carboxylic acids is 1. The zero-order valence-electron chi connectivity index (χ0n) is 13.7. The molecule has 1 amide bonds. The van der Waals surface area contributed by atoms with E-state index in [1.165, 1.54) is 12.1 Å². The molecule has 1 atom stereocenters. The number of sulfonamides is 1. The number of anilines is 1. The van der Waals surface area contributed by atoms with Crippen LogP contribution in [0.3, 0.4) is 0 Å². The number of hydrogen-bond donors (Lipinski definition) is 3. The number of nitrogens with one attached hydrogen (secondary N) is 2. The molecule has 0 spiro atoms. The molecule has 0 bridgehead atoms. The Bertz CT molecular complexity index is 982. The van der Waals surface area contributed by atoms with Crippen LogP contribution < -0.4 is 10.0 Å². The summed E-state index contributed by atoms with van der Waals surface area (Å²) in [6, 6.07) is 6.51. The van der Waals surface area contributed by atoms with Crippen LogP contribution in [-0.4, -0.2) is 31.4 Å².